The Hall–Kier alpha value is -3.72. The number of fused-ring (bicyclic) bond motifs is 1. The molecule has 0 aliphatic carbocycles. The zero-order valence-electron chi connectivity index (χ0n) is 19.1. The van der Waals surface area contributed by atoms with Gasteiger partial charge in [-0.1, -0.05) is 48.2 Å². The van der Waals surface area contributed by atoms with Gasteiger partial charge in [0.15, 0.2) is 0 Å². The van der Waals surface area contributed by atoms with E-state index in [-0.39, 0.29) is 11.8 Å². The summed E-state index contributed by atoms with van der Waals surface area (Å²) in [7, 11) is 0. The van der Waals surface area contributed by atoms with Gasteiger partial charge in [0.05, 0.1) is 16.2 Å². The molecule has 3 aromatic rings. The van der Waals surface area contributed by atoms with Crippen LogP contribution in [-0.4, -0.2) is 42.9 Å². The van der Waals surface area contributed by atoms with Crippen molar-refractivity contribution in [2.75, 3.05) is 36.4 Å². The van der Waals surface area contributed by atoms with Crippen molar-refractivity contribution < 1.29 is 22.8 Å². The van der Waals surface area contributed by atoms with E-state index >= 15 is 0 Å². The molecule has 1 fully saturated rings. The first kappa shape index (κ1) is 24.0. The van der Waals surface area contributed by atoms with E-state index < -0.39 is 11.7 Å². The van der Waals surface area contributed by atoms with E-state index in [0.717, 1.165) is 22.6 Å². The first-order chi connectivity index (χ1) is 17.3. The molecule has 2 aliphatic heterocycles. The van der Waals surface area contributed by atoms with Gasteiger partial charge in [-0.25, -0.2) is 0 Å². The molecule has 0 bridgehead atoms. The number of carbonyl (C=O) groups is 2. The number of halogens is 3. The van der Waals surface area contributed by atoms with Crippen molar-refractivity contribution in [1.29, 1.82) is 0 Å². The second-order valence-corrected chi connectivity index (χ2v) is 9.60. The number of piperazine rings is 1. The number of benzene rings is 3. The van der Waals surface area contributed by atoms with Gasteiger partial charge in [-0.15, -0.1) is 0 Å². The molecule has 0 unspecified atom stereocenters. The molecule has 5 rings (SSSR count). The Morgan fingerprint density at radius 2 is 1.67 bits per heavy atom. The highest BCUT2D eigenvalue weighted by atomic mass is 32.2. The SMILES string of the molecule is O=C1Nc2cc(C(=O)N3CCN(c4cccc(C(F)(F)F)c4)CC3)ccc2S/C1=C\c1ccccc1. The van der Waals surface area contributed by atoms with Crippen LogP contribution >= 0.6 is 11.8 Å². The Labute approximate surface area is 210 Å². The molecule has 0 spiro atoms. The second-order valence-electron chi connectivity index (χ2n) is 8.51. The Morgan fingerprint density at radius 3 is 2.39 bits per heavy atom. The van der Waals surface area contributed by atoms with Crippen LogP contribution in [0.15, 0.2) is 82.6 Å². The monoisotopic (exact) mass is 509 g/mol. The number of amides is 2. The van der Waals surface area contributed by atoms with Gasteiger partial charge >= 0.3 is 6.18 Å². The number of nitrogens with zero attached hydrogens (tertiary/aromatic N) is 2. The summed E-state index contributed by atoms with van der Waals surface area (Å²) >= 11 is 1.35. The minimum atomic E-state index is -4.40. The van der Waals surface area contributed by atoms with Gasteiger partial charge in [0, 0.05) is 42.3 Å². The van der Waals surface area contributed by atoms with Crippen molar-refractivity contribution in [3.63, 3.8) is 0 Å². The van der Waals surface area contributed by atoms with Crippen LogP contribution in [0.5, 0.6) is 0 Å². The highest BCUT2D eigenvalue weighted by Gasteiger charge is 2.31. The molecule has 0 radical (unpaired) electrons. The number of hydrogen-bond donors (Lipinski definition) is 1. The zero-order chi connectivity index (χ0) is 25.3. The minimum Gasteiger partial charge on any atom is -0.368 e. The van der Waals surface area contributed by atoms with Crippen LogP contribution in [0.25, 0.3) is 6.08 Å². The molecule has 1 saturated heterocycles. The van der Waals surface area contributed by atoms with Crippen LogP contribution in [0.3, 0.4) is 0 Å². The van der Waals surface area contributed by atoms with Crippen LogP contribution < -0.4 is 10.2 Å². The number of hydrogen-bond acceptors (Lipinski definition) is 4. The predicted molar refractivity (Wildman–Crippen MR) is 135 cm³/mol. The van der Waals surface area contributed by atoms with Gasteiger partial charge in [-0.2, -0.15) is 13.2 Å². The summed E-state index contributed by atoms with van der Waals surface area (Å²) in [6.07, 6.45) is -2.57. The van der Waals surface area contributed by atoms with Crippen LogP contribution in [-0.2, 0) is 11.0 Å². The predicted octanol–water partition coefficient (Wildman–Crippen LogP) is 5.75. The van der Waals surface area contributed by atoms with Crippen molar-refractivity contribution in [2.24, 2.45) is 0 Å². The standard InChI is InChI=1S/C27H22F3N3O2S/c28-27(29,30)20-7-4-8-21(17-20)32-11-13-33(14-12-32)26(35)19-9-10-23-22(16-19)31-25(34)24(36-23)15-18-5-2-1-3-6-18/h1-10,15-17H,11-14H2,(H,31,34)/b24-15-. The molecule has 9 heteroatoms. The molecular weight excluding hydrogens is 487 g/mol. The van der Waals surface area contributed by atoms with Gasteiger partial charge < -0.3 is 15.1 Å². The average Bonchev–Trinajstić information content (AvgIpc) is 2.89. The minimum absolute atomic E-state index is 0.175. The first-order valence-electron chi connectivity index (χ1n) is 11.4. The summed E-state index contributed by atoms with van der Waals surface area (Å²) in [5.74, 6) is -0.401. The molecule has 1 N–H and O–H groups in total. The summed E-state index contributed by atoms with van der Waals surface area (Å²) in [5, 5.41) is 2.88. The number of anilines is 2. The molecule has 0 saturated carbocycles. The van der Waals surface area contributed by atoms with Gasteiger partial charge in [0.1, 0.15) is 0 Å². The lowest BCUT2D eigenvalue weighted by Crippen LogP contribution is -2.48. The third-order valence-electron chi connectivity index (χ3n) is 6.12. The molecule has 184 valence electrons. The molecule has 2 aliphatic rings. The van der Waals surface area contributed by atoms with Crippen molar-refractivity contribution in [2.45, 2.75) is 11.1 Å². The first-order valence-corrected chi connectivity index (χ1v) is 12.2. The maximum absolute atomic E-state index is 13.1. The number of carbonyl (C=O) groups excluding carboxylic acids is 2. The summed E-state index contributed by atoms with van der Waals surface area (Å²) < 4.78 is 39.2. The van der Waals surface area contributed by atoms with E-state index in [4.69, 9.17) is 0 Å². The van der Waals surface area contributed by atoms with E-state index in [1.54, 1.807) is 23.1 Å². The van der Waals surface area contributed by atoms with E-state index in [9.17, 15) is 22.8 Å². The van der Waals surface area contributed by atoms with Gasteiger partial charge in [-0.3, -0.25) is 9.59 Å². The lowest BCUT2D eigenvalue weighted by atomic mass is 10.1. The second kappa shape index (κ2) is 9.73. The number of rotatable bonds is 3. The summed E-state index contributed by atoms with van der Waals surface area (Å²) in [4.78, 5) is 30.7. The van der Waals surface area contributed by atoms with Crippen molar-refractivity contribution >= 4 is 41.0 Å². The van der Waals surface area contributed by atoms with Gasteiger partial charge in [0.25, 0.3) is 11.8 Å². The lowest BCUT2D eigenvalue weighted by molar-refractivity contribution is -0.137. The van der Waals surface area contributed by atoms with Crippen LogP contribution in [0.1, 0.15) is 21.5 Å². The van der Waals surface area contributed by atoms with E-state index in [1.165, 1.54) is 17.8 Å². The topological polar surface area (TPSA) is 52.7 Å². The fraction of sp³-hybridized carbons (Fsp3) is 0.185. The number of thioether (sulfide) groups is 1. The third-order valence-corrected chi connectivity index (χ3v) is 7.22. The number of alkyl halides is 3. The highest BCUT2D eigenvalue weighted by molar-refractivity contribution is 8.04. The highest BCUT2D eigenvalue weighted by Crippen LogP contribution is 2.39. The normalized spacial score (nSPS) is 17.1. The smallest absolute Gasteiger partial charge is 0.368 e. The molecule has 3 aromatic carbocycles. The summed E-state index contributed by atoms with van der Waals surface area (Å²) in [6.45, 7) is 1.63. The van der Waals surface area contributed by atoms with Gasteiger partial charge in [0.2, 0.25) is 0 Å². The third kappa shape index (κ3) is 5.11. The molecule has 2 amide bonds. The van der Waals surface area contributed by atoms with Crippen LogP contribution in [0.2, 0.25) is 0 Å². The largest absolute Gasteiger partial charge is 0.416 e. The van der Waals surface area contributed by atoms with Crippen molar-refractivity contribution in [3.8, 4) is 0 Å². The maximum Gasteiger partial charge on any atom is 0.416 e. The quantitative estimate of drug-likeness (QED) is 0.457. The molecule has 0 atom stereocenters. The van der Waals surface area contributed by atoms with Crippen LogP contribution in [0.4, 0.5) is 24.5 Å². The van der Waals surface area contributed by atoms with Crippen molar-refractivity contribution in [3.05, 3.63) is 94.4 Å². The summed E-state index contributed by atoms with van der Waals surface area (Å²) in [6, 6.07) is 20.1. The van der Waals surface area contributed by atoms with E-state index in [1.807, 2.05) is 47.4 Å². The van der Waals surface area contributed by atoms with Crippen LogP contribution in [0, 0.1) is 0 Å². The fourth-order valence-electron chi connectivity index (χ4n) is 4.22. The molecule has 0 aromatic heterocycles. The molecular formula is C27H22F3N3O2S. The Kier molecular flexibility index (Phi) is 6.49. The Bertz CT molecular complexity index is 1330. The Morgan fingerprint density at radius 1 is 0.917 bits per heavy atom. The van der Waals surface area contributed by atoms with Crippen molar-refractivity contribution in [1.82, 2.24) is 4.90 Å². The fourth-order valence-corrected chi connectivity index (χ4v) is 5.15. The lowest BCUT2D eigenvalue weighted by Gasteiger charge is -2.36. The van der Waals surface area contributed by atoms with Gasteiger partial charge in [-0.05, 0) is 48.0 Å². The zero-order valence-corrected chi connectivity index (χ0v) is 19.9. The maximum atomic E-state index is 13.1. The average molecular weight is 510 g/mol. The Balaban J connectivity index is 1.25. The molecule has 36 heavy (non-hydrogen) atoms. The molecule has 5 nitrogen and oxygen atoms in total. The number of nitrogens with one attached hydrogen (secondary N) is 1. The van der Waals surface area contributed by atoms with E-state index in [2.05, 4.69) is 5.32 Å². The molecule has 2 heterocycles. The van der Waals surface area contributed by atoms with E-state index in [0.29, 0.717) is 48.0 Å². The summed E-state index contributed by atoms with van der Waals surface area (Å²) in [5.41, 5.74) is 1.77.